The van der Waals surface area contributed by atoms with Crippen molar-refractivity contribution >= 4 is 52.7 Å². The van der Waals surface area contributed by atoms with Gasteiger partial charge in [0.05, 0.1) is 11.1 Å². The Labute approximate surface area is 560 Å². The average molecular weight is 1350 g/mol. The van der Waals surface area contributed by atoms with Crippen molar-refractivity contribution in [3.63, 3.8) is 0 Å². The summed E-state index contributed by atoms with van der Waals surface area (Å²) in [5, 5.41) is 14.3. The first-order chi connectivity index (χ1) is 44.8. The molecule has 1 unspecified atom stereocenters. The Hall–Kier alpha value is -7.27. The van der Waals surface area contributed by atoms with E-state index in [1.165, 1.54) is 48.0 Å². The highest BCUT2D eigenvalue weighted by Gasteiger charge is 2.47. The molecule has 5 aromatic rings. The molecule has 8 rings (SSSR count). The van der Waals surface area contributed by atoms with Crippen LogP contribution in [-0.4, -0.2) is 130 Å². The van der Waals surface area contributed by atoms with E-state index < -0.39 is 35.4 Å². The lowest BCUT2D eigenvalue weighted by Gasteiger charge is -2.57. The van der Waals surface area contributed by atoms with Crippen molar-refractivity contribution in [1.29, 1.82) is 0 Å². The lowest BCUT2D eigenvalue weighted by molar-refractivity contribution is -0.138. The Balaban J connectivity index is 0.000000227. The summed E-state index contributed by atoms with van der Waals surface area (Å²) in [4.78, 5) is 61.0. The maximum Gasteiger partial charge on any atom is 0.416 e. The summed E-state index contributed by atoms with van der Waals surface area (Å²) in [6, 6.07) is 31.9. The molecule has 0 spiro atoms. The van der Waals surface area contributed by atoms with E-state index in [9.17, 15) is 54.3 Å². The number of carbonyl (C=O) groups is 4. The largest absolute Gasteiger partial charge is 0.416 e. The van der Waals surface area contributed by atoms with E-state index in [0.717, 1.165) is 151 Å². The van der Waals surface area contributed by atoms with Crippen LogP contribution in [0.5, 0.6) is 0 Å². The van der Waals surface area contributed by atoms with E-state index in [0.29, 0.717) is 18.3 Å². The molecule has 3 aliphatic heterocycles. The Morgan fingerprint density at radius 3 is 1.66 bits per heavy atom. The van der Waals surface area contributed by atoms with Crippen molar-refractivity contribution in [3.8, 4) is 0 Å². The second-order valence-electron chi connectivity index (χ2n) is 26.2. The van der Waals surface area contributed by atoms with Gasteiger partial charge in [-0.3, -0.25) is 14.6 Å². The highest BCUT2D eigenvalue weighted by molar-refractivity contribution is 6.30. The van der Waals surface area contributed by atoms with Gasteiger partial charge < -0.3 is 41.3 Å². The first kappa shape index (κ1) is 76.7. The Kier molecular flexibility index (Phi) is 28.4. The Morgan fingerprint density at radius 2 is 1.16 bits per heavy atom. The lowest BCUT2D eigenvalue weighted by atomic mass is 9.76. The summed E-state index contributed by atoms with van der Waals surface area (Å²) in [5.74, 6) is -3.28. The van der Waals surface area contributed by atoms with Crippen molar-refractivity contribution in [2.24, 2.45) is 0 Å². The molecule has 5 N–H and O–H groups in total. The standard InChI is InChI=1S/C28H38F3N3O.C23H33F3N4O2.C21H24ClF2N3O/c1-6-7-16-34-26(2,3)18-24(19-27(34,4)5)33(20-21-12-9-8-10-13-21)25(35)32-23-15-11-14-22(17-23)28(29,30)31;1-4-7-17(3)29-13-10-20(11-14-29)30(15-12-27-21(31)5-2)22(32)28-19-9-6-8-18(16-19)23(24,25)26;1-21(23,24)16-3-2-4-19(13-16)26-20(28)25-18-9-11-27(12-10-18)14-15-5-7-17(22)8-6-15/h8-15,17,24H,6-7,16,18-20H2,1-5H3,(H,32,35);5-6,8-9,16-17,20H,2,4,7,10-15H2,1,3H3,(H,27,31)(H,28,32);2-8,13,18H,9-12,14H2,1H3,(H2,25,26,28). The molecule has 1 atom stereocenters. The number of rotatable bonds is 21. The van der Waals surface area contributed by atoms with Crippen LogP contribution in [0.1, 0.15) is 147 Å². The number of alkyl halides is 8. The molecule has 23 heteroatoms. The van der Waals surface area contributed by atoms with Crippen LogP contribution < -0.4 is 26.6 Å². The zero-order valence-corrected chi connectivity index (χ0v) is 56.7. The van der Waals surface area contributed by atoms with Crippen LogP contribution in [0.3, 0.4) is 0 Å². The monoisotopic (exact) mass is 1350 g/mol. The van der Waals surface area contributed by atoms with Gasteiger partial charge in [-0.2, -0.15) is 26.3 Å². The van der Waals surface area contributed by atoms with Gasteiger partial charge in [0.1, 0.15) is 0 Å². The van der Waals surface area contributed by atoms with E-state index in [4.69, 9.17) is 11.6 Å². The van der Waals surface area contributed by atoms with Gasteiger partial charge >= 0.3 is 30.4 Å². The smallest absolute Gasteiger partial charge is 0.351 e. The van der Waals surface area contributed by atoms with E-state index in [-0.39, 0.29) is 77.2 Å². The number of nitrogens with one attached hydrogen (secondary N) is 5. The van der Waals surface area contributed by atoms with Crippen LogP contribution in [0.2, 0.25) is 5.02 Å². The summed E-state index contributed by atoms with van der Waals surface area (Å²) in [7, 11) is 0. The number of anilines is 3. The molecule has 3 saturated heterocycles. The maximum absolute atomic E-state index is 13.6. The van der Waals surface area contributed by atoms with Crippen LogP contribution in [0.4, 0.5) is 66.6 Å². The summed E-state index contributed by atoms with van der Waals surface area (Å²) in [6.45, 7) is 25.9. The molecule has 0 saturated carbocycles. The molecule has 3 aliphatic rings. The number of hydrogen-bond acceptors (Lipinski definition) is 7. The number of piperidine rings is 3. The number of unbranched alkanes of at least 4 members (excludes halogenated alkanes) is 1. The van der Waals surface area contributed by atoms with Gasteiger partial charge in [-0.25, -0.2) is 23.2 Å². The molecule has 0 aliphatic carbocycles. The highest BCUT2D eigenvalue weighted by Crippen LogP contribution is 2.42. The topological polar surface area (TPSA) is 145 Å². The number of likely N-dealkylation sites (tertiary alicyclic amines) is 3. The van der Waals surface area contributed by atoms with Gasteiger partial charge in [0.15, 0.2) is 0 Å². The Morgan fingerprint density at radius 1 is 0.642 bits per heavy atom. The molecule has 14 nitrogen and oxygen atoms in total. The van der Waals surface area contributed by atoms with Crippen LogP contribution in [0.25, 0.3) is 0 Å². The van der Waals surface area contributed by atoms with E-state index >= 15 is 0 Å². The fourth-order valence-electron chi connectivity index (χ4n) is 12.9. The fraction of sp³-hybridized carbons (Fsp3) is 0.500. The minimum absolute atomic E-state index is 0.0634. The van der Waals surface area contributed by atoms with Crippen molar-refractivity contribution < 1.29 is 54.3 Å². The molecule has 520 valence electrons. The predicted molar refractivity (Wildman–Crippen MR) is 362 cm³/mol. The van der Waals surface area contributed by atoms with Crippen molar-refractivity contribution in [2.45, 2.75) is 186 Å². The predicted octanol–water partition coefficient (Wildman–Crippen LogP) is 17.3. The van der Waals surface area contributed by atoms with Gasteiger partial charge in [0.2, 0.25) is 5.91 Å². The molecule has 3 fully saturated rings. The molecule has 95 heavy (non-hydrogen) atoms. The van der Waals surface area contributed by atoms with Crippen LogP contribution in [-0.2, 0) is 36.2 Å². The lowest BCUT2D eigenvalue weighted by Crippen LogP contribution is -2.65. The Bertz CT molecular complexity index is 3220. The first-order valence-corrected chi connectivity index (χ1v) is 33.1. The number of halogens is 9. The zero-order valence-electron chi connectivity index (χ0n) is 55.9. The zero-order chi connectivity index (χ0) is 69.7. The molecular weight excluding hydrogens is 1260 g/mol. The number of nitrogens with zero attached hydrogens (tertiary/aromatic N) is 5. The molecular formula is C72H95ClF8N10O4. The first-order valence-electron chi connectivity index (χ1n) is 32.8. The average Bonchev–Trinajstić information content (AvgIpc) is 0.761. The third kappa shape index (κ3) is 24.4. The second-order valence-corrected chi connectivity index (χ2v) is 26.6. The molecule has 0 bridgehead atoms. The van der Waals surface area contributed by atoms with Gasteiger partial charge in [-0.15, -0.1) is 0 Å². The third-order valence-corrected chi connectivity index (χ3v) is 17.9. The normalized spacial score (nSPS) is 16.9. The van der Waals surface area contributed by atoms with Gasteiger partial charge in [0.25, 0.3) is 5.92 Å². The van der Waals surface area contributed by atoms with E-state index in [2.05, 4.69) is 96.3 Å². The molecule has 0 aromatic heterocycles. The fourth-order valence-corrected chi connectivity index (χ4v) is 13.0. The minimum Gasteiger partial charge on any atom is -0.351 e. The van der Waals surface area contributed by atoms with Crippen LogP contribution in [0.15, 0.2) is 140 Å². The number of hydrogen-bond donors (Lipinski definition) is 5. The summed E-state index contributed by atoms with van der Waals surface area (Å²) in [5.41, 5.74) is 0.782. The molecule has 3 heterocycles. The second kappa shape index (κ2) is 35.1. The number of urea groups is 3. The van der Waals surface area contributed by atoms with Gasteiger partial charge in [-0.1, -0.05) is 112 Å². The van der Waals surface area contributed by atoms with Gasteiger partial charge in [-0.05, 0) is 170 Å². The quantitative estimate of drug-likeness (QED) is 0.0363. The molecule has 5 aromatic carbocycles. The van der Waals surface area contributed by atoms with Crippen molar-refractivity contribution in [1.82, 2.24) is 35.1 Å². The number of benzene rings is 5. The minimum atomic E-state index is -4.49. The van der Waals surface area contributed by atoms with Crippen molar-refractivity contribution in [3.05, 3.63) is 173 Å². The van der Waals surface area contributed by atoms with E-state index in [1.54, 1.807) is 15.9 Å². The maximum atomic E-state index is 13.6. The number of amides is 7. The highest BCUT2D eigenvalue weighted by atomic mass is 35.5. The summed E-state index contributed by atoms with van der Waals surface area (Å²) < 4.78 is 106. The van der Waals surface area contributed by atoms with Gasteiger partial charge in [0, 0.05) is 122 Å². The van der Waals surface area contributed by atoms with E-state index in [1.807, 2.05) is 54.6 Å². The van der Waals surface area contributed by atoms with Crippen molar-refractivity contribution in [2.75, 3.05) is 61.8 Å². The number of carbonyl (C=O) groups excluding carboxylic acids is 4. The van der Waals surface area contributed by atoms with Crippen LogP contribution in [0, 0.1) is 0 Å². The third-order valence-electron chi connectivity index (χ3n) is 17.7. The molecule has 7 amide bonds. The molecule has 0 radical (unpaired) electrons. The summed E-state index contributed by atoms with van der Waals surface area (Å²) >= 11 is 5.91. The SMILES string of the molecule is C=CC(=O)NCCN(C(=O)Nc1cccc(C(F)(F)F)c1)C1CCN(C(C)CCC)CC1.CC(F)(F)c1cccc(NC(=O)NC2CCN(Cc3ccc(Cl)cc3)CC2)c1.CCCCN1C(C)(C)CC(N(Cc2ccccc2)C(=O)Nc2cccc(C(F)(F)F)c2)CC1(C)C. The van der Waals surface area contributed by atoms with Crippen LogP contribution >= 0.6 is 11.6 Å². The summed E-state index contributed by atoms with van der Waals surface area (Å²) in [6.07, 6.45) is 1.41.